The number of para-hydroxylation sites is 1. The van der Waals surface area contributed by atoms with E-state index in [9.17, 15) is 24.3 Å². The van der Waals surface area contributed by atoms with Crippen molar-refractivity contribution < 1.29 is 24.3 Å². The molecule has 0 spiro atoms. The van der Waals surface area contributed by atoms with Crippen LogP contribution in [0, 0.1) is 5.92 Å². The van der Waals surface area contributed by atoms with Crippen molar-refractivity contribution in [2.45, 2.75) is 70.6 Å². The topological polar surface area (TPSA) is 231 Å². The summed E-state index contributed by atoms with van der Waals surface area (Å²) in [7, 11) is 0. The zero-order valence-corrected chi connectivity index (χ0v) is 22.6. The number of carboxylic acids is 1. The molecule has 0 saturated carbocycles. The molecule has 0 fully saturated rings. The quantitative estimate of drug-likeness (QED) is 0.0840. The molecular formula is C26H40N8O5. The minimum atomic E-state index is -1.25. The van der Waals surface area contributed by atoms with Crippen molar-refractivity contribution in [1.82, 2.24) is 20.9 Å². The van der Waals surface area contributed by atoms with Crippen LogP contribution in [-0.2, 0) is 25.6 Å². The molecule has 0 aliphatic heterocycles. The number of guanidine groups is 1. The van der Waals surface area contributed by atoms with Gasteiger partial charge in [-0.05, 0) is 43.7 Å². The molecule has 1 aromatic heterocycles. The molecule has 1 aromatic carbocycles. The fourth-order valence-electron chi connectivity index (χ4n) is 4.04. The lowest BCUT2D eigenvalue weighted by atomic mass is 10.0. The minimum Gasteiger partial charge on any atom is -0.480 e. The summed E-state index contributed by atoms with van der Waals surface area (Å²) in [5, 5.41) is 18.5. The molecule has 11 N–H and O–H groups in total. The number of carboxylic acid groups (broad SMARTS) is 1. The van der Waals surface area contributed by atoms with Gasteiger partial charge in [0.1, 0.15) is 18.1 Å². The van der Waals surface area contributed by atoms with Gasteiger partial charge in [-0.15, -0.1) is 0 Å². The predicted molar refractivity (Wildman–Crippen MR) is 148 cm³/mol. The number of amides is 3. The van der Waals surface area contributed by atoms with Gasteiger partial charge in [0.25, 0.3) is 0 Å². The summed E-state index contributed by atoms with van der Waals surface area (Å²) < 4.78 is 0. The van der Waals surface area contributed by atoms with Gasteiger partial charge in [-0.1, -0.05) is 32.0 Å². The highest BCUT2D eigenvalue weighted by atomic mass is 16.4. The highest BCUT2D eigenvalue weighted by molar-refractivity contribution is 5.94. The number of hydrogen-bond acceptors (Lipinski definition) is 6. The van der Waals surface area contributed by atoms with E-state index in [4.69, 9.17) is 17.2 Å². The molecule has 0 saturated heterocycles. The second kappa shape index (κ2) is 14.7. The number of hydrogen-bond donors (Lipinski definition) is 8. The minimum absolute atomic E-state index is 0.0280. The number of aliphatic carboxylic acids is 1. The number of carbonyl (C=O) groups is 4. The summed E-state index contributed by atoms with van der Waals surface area (Å²) in [4.78, 5) is 57.7. The van der Waals surface area contributed by atoms with E-state index in [0.717, 1.165) is 16.5 Å². The summed E-state index contributed by atoms with van der Waals surface area (Å²) in [6, 6.07) is 3.32. The van der Waals surface area contributed by atoms with E-state index < -0.39 is 47.9 Å². The lowest BCUT2D eigenvalue weighted by Crippen LogP contribution is -2.57. The number of aromatic nitrogens is 1. The van der Waals surface area contributed by atoms with Gasteiger partial charge in [-0.25, -0.2) is 4.79 Å². The van der Waals surface area contributed by atoms with E-state index in [1.54, 1.807) is 6.20 Å². The zero-order valence-electron chi connectivity index (χ0n) is 22.6. The number of carbonyl (C=O) groups excluding carboxylic acids is 3. The molecule has 0 aliphatic carbocycles. The Kier molecular flexibility index (Phi) is 11.7. The van der Waals surface area contributed by atoms with E-state index in [1.807, 2.05) is 38.1 Å². The SMILES string of the molecule is CC(C)CC(NC(=O)C(C)N)C(=O)NC(CCCN=C(N)N)C(=O)NC(Cc1c[nH]c2ccccc12)C(=O)O. The summed E-state index contributed by atoms with van der Waals surface area (Å²) in [6.07, 6.45) is 2.50. The first-order valence-corrected chi connectivity index (χ1v) is 12.9. The van der Waals surface area contributed by atoms with Crippen LogP contribution in [0.2, 0.25) is 0 Å². The second-order valence-electron chi connectivity index (χ2n) is 9.95. The van der Waals surface area contributed by atoms with Crippen molar-refractivity contribution in [3.05, 3.63) is 36.0 Å². The molecule has 13 nitrogen and oxygen atoms in total. The number of benzene rings is 1. The van der Waals surface area contributed by atoms with Crippen LogP contribution in [0.5, 0.6) is 0 Å². The average Bonchev–Trinajstić information content (AvgIpc) is 3.27. The molecule has 2 aromatic rings. The normalized spacial score (nSPS) is 14.2. The van der Waals surface area contributed by atoms with Crippen molar-refractivity contribution in [3.63, 3.8) is 0 Å². The van der Waals surface area contributed by atoms with E-state index in [2.05, 4.69) is 25.9 Å². The highest BCUT2D eigenvalue weighted by Gasteiger charge is 2.30. The zero-order chi connectivity index (χ0) is 29.1. The maximum Gasteiger partial charge on any atom is 0.326 e. The van der Waals surface area contributed by atoms with E-state index in [0.29, 0.717) is 12.8 Å². The smallest absolute Gasteiger partial charge is 0.326 e. The van der Waals surface area contributed by atoms with Gasteiger partial charge in [-0.3, -0.25) is 19.4 Å². The fraction of sp³-hybridized carbons (Fsp3) is 0.500. The second-order valence-corrected chi connectivity index (χ2v) is 9.95. The number of fused-ring (bicyclic) bond motifs is 1. The van der Waals surface area contributed by atoms with Crippen molar-refractivity contribution in [1.29, 1.82) is 0 Å². The van der Waals surface area contributed by atoms with E-state index in [1.165, 1.54) is 6.92 Å². The number of aromatic amines is 1. The first kappa shape index (κ1) is 31.1. The van der Waals surface area contributed by atoms with Crippen LogP contribution in [0.3, 0.4) is 0 Å². The molecule has 214 valence electrons. The van der Waals surface area contributed by atoms with Crippen molar-refractivity contribution in [2.24, 2.45) is 28.1 Å². The third-order valence-electron chi connectivity index (χ3n) is 6.05. The van der Waals surface area contributed by atoms with E-state index >= 15 is 0 Å². The Morgan fingerprint density at radius 1 is 0.949 bits per heavy atom. The van der Waals surface area contributed by atoms with Gasteiger partial charge in [0.15, 0.2) is 5.96 Å². The molecule has 4 unspecified atom stereocenters. The summed E-state index contributed by atoms with van der Waals surface area (Å²) in [5.74, 6) is -3.04. The van der Waals surface area contributed by atoms with Crippen LogP contribution >= 0.6 is 0 Å². The standard InChI is InChI=1S/C26H40N8O5/c1-14(2)11-20(33-22(35)15(3)27)24(37)32-19(9-6-10-30-26(28)29)23(36)34-21(25(38)39)12-16-13-31-18-8-5-4-7-17(16)18/h4-5,7-8,13-15,19-21,31H,6,9-12,27H2,1-3H3,(H,32,37)(H,33,35)(H,34,36)(H,38,39)(H4,28,29,30). The Balaban J connectivity index is 2.22. The molecular weight excluding hydrogens is 504 g/mol. The number of aliphatic imine (C=N–C) groups is 1. The Morgan fingerprint density at radius 2 is 1.56 bits per heavy atom. The Labute approximate surface area is 227 Å². The number of H-pyrrole nitrogens is 1. The van der Waals surface area contributed by atoms with Gasteiger partial charge in [-0.2, -0.15) is 0 Å². The van der Waals surface area contributed by atoms with Crippen LogP contribution in [0.15, 0.2) is 35.5 Å². The van der Waals surface area contributed by atoms with Gasteiger partial charge in [0, 0.05) is 30.1 Å². The maximum atomic E-state index is 13.3. The van der Waals surface area contributed by atoms with Crippen molar-refractivity contribution in [2.75, 3.05) is 6.54 Å². The Bertz CT molecular complexity index is 1170. The number of rotatable bonds is 15. The first-order valence-electron chi connectivity index (χ1n) is 12.9. The molecule has 0 radical (unpaired) electrons. The Hall–Kier alpha value is -4.13. The molecule has 39 heavy (non-hydrogen) atoms. The lowest BCUT2D eigenvalue weighted by molar-refractivity contribution is -0.142. The van der Waals surface area contributed by atoms with Crippen LogP contribution < -0.4 is 33.2 Å². The molecule has 0 bridgehead atoms. The molecule has 1 heterocycles. The maximum absolute atomic E-state index is 13.3. The van der Waals surface area contributed by atoms with Gasteiger partial charge < -0.3 is 43.2 Å². The molecule has 0 aliphatic rings. The number of nitrogens with zero attached hydrogens (tertiary/aromatic N) is 1. The first-order chi connectivity index (χ1) is 18.4. The Morgan fingerprint density at radius 3 is 2.18 bits per heavy atom. The monoisotopic (exact) mass is 544 g/mol. The van der Waals surface area contributed by atoms with Crippen molar-refractivity contribution in [3.8, 4) is 0 Å². The summed E-state index contributed by atoms with van der Waals surface area (Å²) in [5.41, 5.74) is 18.0. The van der Waals surface area contributed by atoms with Crippen LogP contribution in [0.1, 0.15) is 45.6 Å². The largest absolute Gasteiger partial charge is 0.480 e. The molecule has 3 amide bonds. The number of nitrogens with two attached hydrogens (primary N) is 3. The van der Waals surface area contributed by atoms with E-state index in [-0.39, 0.29) is 31.3 Å². The molecule has 4 atom stereocenters. The molecule has 2 rings (SSSR count). The number of nitrogens with one attached hydrogen (secondary N) is 4. The van der Waals surface area contributed by atoms with Gasteiger partial charge >= 0.3 is 5.97 Å². The van der Waals surface area contributed by atoms with Crippen LogP contribution in [-0.4, -0.2) is 70.5 Å². The van der Waals surface area contributed by atoms with Crippen LogP contribution in [0.25, 0.3) is 10.9 Å². The summed E-state index contributed by atoms with van der Waals surface area (Å²) in [6.45, 7) is 5.48. The highest BCUT2D eigenvalue weighted by Crippen LogP contribution is 2.19. The van der Waals surface area contributed by atoms with Gasteiger partial charge in [0.2, 0.25) is 17.7 Å². The fourth-order valence-corrected chi connectivity index (χ4v) is 4.04. The third kappa shape index (κ3) is 9.93. The molecule has 13 heteroatoms. The average molecular weight is 545 g/mol. The third-order valence-corrected chi connectivity index (χ3v) is 6.05. The predicted octanol–water partition coefficient (Wildman–Crippen LogP) is -0.304. The van der Waals surface area contributed by atoms with Crippen molar-refractivity contribution >= 4 is 40.6 Å². The summed E-state index contributed by atoms with van der Waals surface area (Å²) >= 11 is 0. The van der Waals surface area contributed by atoms with Crippen LogP contribution in [0.4, 0.5) is 0 Å². The van der Waals surface area contributed by atoms with Gasteiger partial charge in [0.05, 0.1) is 6.04 Å². The lowest BCUT2D eigenvalue weighted by Gasteiger charge is -2.25.